The Morgan fingerprint density at radius 1 is 1.12 bits per heavy atom. The topological polar surface area (TPSA) is 91.0 Å². The van der Waals surface area contributed by atoms with Crippen LogP contribution in [0, 0.1) is 5.82 Å². The van der Waals surface area contributed by atoms with Crippen LogP contribution in [0.3, 0.4) is 0 Å². The average Bonchev–Trinajstić information content (AvgIpc) is 3.40. The number of aromatic nitrogens is 3. The summed E-state index contributed by atoms with van der Waals surface area (Å²) in [6, 6.07) is 12.5. The number of hydrogen-bond donors (Lipinski definition) is 2. The van der Waals surface area contributed by atoms with Crippen molar-refractivity contribution in [2.45, 2.75) is 51.5 Å². The van der Waals surface area contributed by atoms with Gasteiger partial charge in [-0.3, -0.25) is 9.59 Å². The minimum atomic E-state index is -0.416. The van der Waals surface area contributed by atoms with Crippen molar-refractivity contribution in [3.8, 4) is 11.3 Å². The third-order valence-electron chi connectivity index (χ3n) is 7.70. The quantitative estimate of drug-likeness (QED) is 0.299. The van der Waals surface area contributed by atoms with E-state index in [1.54, 1.807) is 18.2 Å². The summed E-state index contributed by atoms with van der Waals surface area (Å²) in [5.41, 5.74) is 5.12. The van der Waals surface area contributed by atoms with E-state index < -0.39 is 5.82 Å². The molecule has 4 aromatic rings. The Kier molecular flexibility index (Phi) is 7.52. The minimum Gasteiger partial charge on any atom is -0.348 e. The molecule has 206 valence electrons. The van der Waals surface area contributed by atoms with Crippen molar-refractivity contribution in [3.63, 3.8) is 0 Å². The first-order valence-corrected chi connectivity index (χ1v) is 13.6. The Labute approximate surface area is 233 Å². The van der Waals surface area contributed by atoms with Gasteiger partial charge in [-0.1, -0.05) is 51.6 Å². The van der Waals surface area contributed by atoms with Crippen molar-refractivity contribution in [3.05, 3.63) is 95.7 Å². The maximum Gasteiger partial charge on any atom is 0.251 e. The van der Waals surface area contributed by atoms with Crippen LogP contribution in [0.5, 0.6) is 0 Å². The van der Waals surface area contributed by atoms with Crippen LogP contribution in [0.25, 0.3) is 22.3 Å². The van der Waals surface area contributed by atoms with Crippen LogP contribution in [0.4, 0.5) is 4.39 Å². The Hall–Kier alpha value is -4.33. The zero-order chi connectivity index (χ0) is 28.4. The molecule has 0 atom stereocenters. The first-order chi connectivity index (χ1) is 19.2. The van der Waals surface area contributed by atoms with Crippen molar-refractivity contribution in [2.24, 2.45) is 0 Å². The maximum atomic E-state index is 15.3. The van der Waals surface area contributed by atoms with Crippen LogP contribution in [0.15, 0.2) is 67.6 Å². The highest BCUT2D eigenvalue weighted by Crippen LogP contribution is 2.37. The maximum absolute atomic E-state index is 15.3. The fraction of sp³-hybridized carbons (Fsp3) is 0.312. The van der Waals surface area contributed by atoms with Gasteiger partial charge in [-0.2, -0.15) is 0 Å². The molecule has 3 heterocycles. The summed E-state index contributed by atoms with van der Waals surface area (Å²) in [5.74, 6) is -0.490. The van der Waals surface area contributed by atoms with Gasteiger partial charge in [0.1, 0.15) is 17.8 Å². The highest BCUT2D eigenvalue weighted by Gasteiger charge is 2.26. The SMILES string of the molecule is C=CC(=O)N1CCC(c2c[nH]c3ncnc(-c4ccc(CNC(=O)c5ccc(C(C)(C)C)cc5)c(F)c4)c23)CC1. The number of carbonyl (C=O) groups is 2. The molecule has 2 aromatic carbocycles. The zero-order valence-corrected chi connectivity index (χ0v) is 23.1. The number of carbonyl (C=O) groups excluding carboxylic acids is 2. The number of benzene rings is 2. The molecule has 0 spiro atoms. The van der Waals surface area contributed by atoms with Gasteiger partial charge in [-0.05, 0) is 59.6 Å². The van der Waals surface area contributed by atoms with E-state index >= 15 is 4.39 Å². The predicted octanol–water partition coefficient (Wildman–Crippen LogP) is 5.88. The van der Waals surface area contributed by atoms with Gasteiger partial charge in [-0.25, -0.2) is 14.4 Å². The largest absolute Gasteiger partial charge is 0.348 e. The number of H-pyrrole nitrogens is 1. The Morgan fingerprint density at radius 2 is 1.85 bits per heavy atom. The van der Waals surface area contributed by atoms with Gasteiger partial charge < -0.3 is 15.2 Å². The average molecular weight is 540 g/mol. The number of aromatic amines is 1. The molecule has 2 N–H and O–H groups in total. The number of amides is 2. The lowest BCUT2D eigenvalue weighted by Gasteiger charge is -2.31. The summed E-state index contributed by atoms with van der Waals surface area (Å²) in [6.45, 7) is 11.3. The van der Waals surface area contributed by atoms with Crippen molar-refractivity contribution < 1.29 is 14.0 Å². The molecule has 2 amide bonds. The fourth-order valence-corrected chi connectivity index (χ4v) is 5.30. The van der Waals surface area contributed by atoms with Crippen molar-refractivity contribution >= 4 is 22.8 Å². The van der Waals surface area contributed by atoms with E-state index in [9.17, 15) is 9.59 Å². The van der Waals surface area contributed by atoms with E-state index in [0.717, 1.165) is 29.4 Å². The highest BCUT2D eigenvalue weighted by atomic mass is 19.1. The van der Waals surface area contributed by atoms with Crippen LogP contribution < -0.4 is 5.32 Å². The van der Waals surface area contributed by atoms with Gasteiger partial charge in [0.2, 0.25) is 5.91 Å². The van der Waals surface area contributed by atoms with E-state index in [2.05, 4.69) is 47.6 Å². The molecule has 40 heavy (non-hydrogen) atoms. The Morgan fingerprint density at radius 3 is 2.50 bits per heavy atom. The molecule has 7 nitrogen and oxygen atoms in total. The summed E-state index contributed by atoms with van der Waals surface area (Å²) in [5, 5.41) is 3.69. The van der Waals surface area contributed by atoms with Gasteiger partial charge in [0.25, 0.3) is 5.91 Å². The molecule has 1 aliphatic rings. The molecule has 5 rings (SSSR count). The van der Waals surface area contributed by atoms with Crippen molar-refractivity contribution in [1.29, 1.82) is 0 Å². The summed E-state index contributed by atoms with van der Waals surface area (Å²) >= 11 is 0. The Bertz CT molecular complexity index is 1560. The van der Waals surface area contributed by atoms with Crippen LogP contribution in [0.2, 0.25) is 0 Å². The van der Waals surface area contributed by atoms with Crippen LogP contribution >= 0.6 is 0 Å². The molecule has 0 radical (unpaired) electrons. The standard InChI is InChI=1S/C32H34FN5O2/c1-5-27(39)38-14-12-20(13-15-38)25-18-34-30-28(25)29(36-19-37-30)22-6-7-23(26(33)16-22)17-35-31(40)21-8-10-24(11-9-21)32(2,3)4/h5-11,16,18-20H,1,12-15,17H2,2-4H3,(H,35,40)(H,34,36,37). The highest BCUT2D eigenvalue weighted by molar-refractivity contribution is 5.95. The molecular formula is C32H34FN5O2. The molecule has 0 bridgehead atoms. The summed E-state index contributed by atoms with van der Waals surface area (Å²) in [6.07, 6.45) is 6.40. The third kappa shape index (κ3) is 5.52. The molecule has 0 aliphatic carbocycles. The first-order valence-electron chi connectivity index (χ1n) is 13.6. The number of halogens is 1. The second-order valence-electron chi connectivity index (χ2n) is 11.3. The van der Waals surface area contributed by atoms with E-state index in [1.807, 2.05) is 29.3 Å². The predicted molar refractivity (Wildman–Crippen MR) is 154 cm³/mol. The van der Waals surface area contributed by atoms with Gasteiger partial charge >= 0.3 is 0 Å². The van der Waals surface area contributed by atoms with Gasteiger partial charge in [-0.15, -0.1) is 0 Å². The summed E-state index contributed by atoms with van der Waals surface area (Å²) in [7, 11) is 0. The number of piperidine rings is 1. The molecule has 2 aromatic heterocycles. The first kappa shape index (κ1) is 27.2. The molecule has 8 heteroatoms. The van der Waals surface area contributed by atoms with Gasteiger partial charge in [0, 0.05) is 47.9 Å². The number of nitrogens with one attached hydrogen (secondary N) is 2. The van der Waals surface area contributed by atoms with E-state index in [-0.39, 0.29) is 29.7 Å². The van der Waals surface area contributed by atoms with Crippen molar-refractivity contribution in [1.82, 2.24) is 25.2 Å². The lowest BCUT2D eigenvalue weighted by molar-refractivity contribution is -0.127. The van der Waals surface area contributed by atoms with E-state index in [4.69, 9.17) is 0 Å². The van der Waals surface area contributed by atoms with Crippen LogP contribution in [0.1, 0.15) is 66.6 Å². The van der Waals surface area contributed by atoms with Crippen molar-refractivity contribution in [2.75, 3.05) is 13.1 Å². The monoisotopic (exact) mass is 539 g/mol. The van der Waals surface area contributed by atoms with Gasteiger partial charge in [0.15, 0.2) is 0 Å². The normalized spacial score (nSPS) is 14.3. The second-order valence-corrected chi connectivity index (χ2v) is 11.3. The smallest absolute Gasteiger partial charge is 0.251 e. The lowest BCUT2D eigenvalue weighted by Crippen LogP contribution is -2.36. The minimum absolute atomic E-state index is 0.000252. The lowest BCUT2D eigenvalue weighted by atomic mass is 9.87. The zero-order valence-electron chi connectivity index (χ0n) is 23.1. The number of hydrogen-bond acceptors (Lipinski definition) is 4. The Balaban J connectivity index is 1.33. The van der Waals surface area contributed by atoms with Crippen LogP contribution in [-0.4, -0.2) is 44.8 Å². The molecule has 1 fully saturated rings. The van der Waals surface area contributed by atoms with Crippen LogP contribution in [-0.2, 0) is 16.8 Å². The third-order valence-corrected chi connectivity index (χ3v) is 7.70. The molecule has 0 unspecified atom stereocenters. The summed E-state index contributed by atoms with van der Waals surface area (Å²) < 4.78 is 15.3. The molecule has 1 aliphatic heterocycles. The van der Waals surface area contributed by atoms with E-state index in [1.165, 1.54) is 18.5 Å². The molecule has 0 saturated carbocycles. The molecular weight excluding hydrogens is 505 g/mol. The number of nitrogens with zero attached hydrogens (tertiary/aromatic N) is 3. The van der Waals surface area contributed by atoms with E-state index in [0.29, 0.717) is 41.1 Å². The number of fused-ring (bicyclic) bond motifs is 1. The number of likely N-dealkylation sites (tertiary alicyclic amines) is 1. The second kappa shape index (κ2) is 11.0. The molecule has 1 saturated heterocycles. The number of rotatable bonds is 6. The fourth-order valence-electron chi connectivity index (χ4n) is 5.30. The summed E-state index contributed by atoms with van der Waals surface area (Å²) in [4.78, 5) is 38.6. The van der Waals surface area contributed by atoms with Gasteiger partial charge in [0.05, 0.1) is 5.69 Å².